The first-order valence-electron chi connectivity index (χ1n) is 5.81. The summed E-state index contributed by atoms with van der Waals surface area (Å²) in [5.74, 6) is -1.04. The van der Waals surface area contributed by atoms with Crippen LogP contribution in [0.4, 0.5) is 10.1 Å². The second-order valence-electron chi connectivity index (χ2n) is 4.18. The van der Waals surface area contributed by atoms with Gasteiger partial charge in [-0.05, 0) is 31.2 Å². The molecule has 0 aliphatic heterocycles. The van der Waals surface area contributed by atoms with Crippen LogP contribution in [0.3, 0.4) is 0 Å². The molecule has 108 valence electrons. The number of ketones is 1. The quantitative estimate of drug-likeness (QED) is 0.477. The van der Waals surface area contributed by atoms with E-state index < -0.39 is 10.7 Å². The Morgan fingerprint density at radius 3 is 2.43 bits per heavy atom. The third-order valence-corrected chi connectivity index (χ3v) is 2.98. The first-order valence-corrected chi connectivity index (χ1v) is 6.18. The Morgan fingerprint density at radius 1 is 1.24 bits per heavy atom. The lowest BCUT2D eigenvalue weighted by Crippen LogP contribution is -1.96. The number of hydrogen-bond acceptors (Lipinski definition) is 4. The number of carbonyl (C=O) groups is 1. The number of non-ortho nitro benzene ring substituents is 1. The van der Waals surface area contributed by atoms with Crippen molar-refractivity contribution in [3.63, 3.8) is 0 Å². The summed E-state index contributed by atoms with van der Waals surface area (Å²) >= 11 is 5.85. The van der Waals surface area contributed by atoms with Gasteiger partial charge in [0.1, 0.15) is 5.75 Å². The Hall–Kier alpha value is -2.47. The Morgan fingerprint density at radius 2 is 1.90 bits per heavy atom. The number of nitrogens with zero attached hydrogens (tertiary/aromatic N) is 1. The van der Waals surface area contributed by atoms with Gasteiger partial charge >= 0.3 is 0 Å². The predicted octanol–water partition coefficient (Wildman–Crippen LogP) is 4.38. The van der Waals surface area contributed by atoms with Crippen LogP contribution in [-0.4, -0.2) is 10.7 Å². The van der Waals surface area contributed by atoms with Crippen molar-refractivity contribution >= 4 is 23.1 Å². The van der Waals surface area contributed by atoms with Crippen LogP contribution in [0.1, 0.15) is 17.3 Å². The molecule has 21 heavy (non-hydrogen) atoms. The SMILES string of the molecule is CC(=O)c1ccc(Oc2ccc([N+](=O)[O-])cc2Cl)c(F)c1. The maximum atomic E-state index is 13.8. The van der Waals surface area contributed by atoms with Crippen molar-refractivity contribution in [2.75, 3.05) is 0 Å². The maximum Gasteiger partial charge on any atom is 0.271 e. The van der Waals surface area contributed by atoms with Gasteiger partial charge < -0.3 is 4.74 Å². The molecule has 0 aromatic heterocycles. The number of nitro benzene ring substituents is 1. The number of hydrogen-bond donors (Lipinski definition) is 0. The zero-order chi connectivity index (χ0) is 15.6. The van der Waals surface area contributed by atoms with Crippen LogP contribution in [0.5, 0.6) is 11.5 Å². The molecule has 0 atom stereocenters. The highest BCUT2D eigenvalue weighted by Crippen LogP contribution is 2.33. The summed E-state index contributed by atoms with van der Waals surface area (Å²) in [7, 11) is 0. The molecular weight excluding hydrogens is 301 g/mol. The molecule has 2 rings (SSSR count). The minimum atomic E-state index is -0.725. The van der Waals surface area contributed by atoms with E-state index in [0.29, 0.717) is 0 Å². The number of Topliss-reactive ketones (excluding diaryl/α,β-unsaturated/α-hetero) is 1. The third-order valence-electron chi connectivity index (χ3n) is 2.68. The first-order chi connectivity index (χ1) is 9.88. The molecule has 0 bridgehead atoms. The molecule has 0 saturated carbocycles. The number of carbonyl (C=O) groups excluding carboxylic acids is 1. The molecule has 7 heteroatoms. The van der Waals surface area contributed by atoms with Crippen LogP contribution in [0.25, 0.3) is 0 Å². The van der Waals surface area contributed by atoms with Gasteiger partial charge in [0.15, 0.2) is 17.3 Å². The van der Waals surface area contributed by atoms with Crippen LogP contribution in [0, 0.1) is 15.9 Å². The molecule has 0 N–H and O–H groups in total. The number of rotatable bonds is 4. The minimum Gasteiger partial charge on any atom is -0.453 e. The summed E-state index contributed by atoms with van der Waals surface area (Å²) < 4.78 is 19.1. The Bertz CT molecular complexity index is 671. The van der Waals surface area contributed by atoms with Crippen molar-refractivity contribution in [3.05, 3.63) is 62.9 Å². The van der Waals surface area contributed by atoms with Gasteiger partial charge in [0.2, 0.25) is 0 Å². The third kappa shape index (κ3) is 3.35. The Kier molecular flexibility index (Phi) is 4.18. The van der Waals surface area contributed by atoms with Crippen molar-refractivity contribution in [1.82, 2.24) is 0 Å². The predicted molar refractivity (Wildman–Crippen MR) is 74.6 cm³/mol. The molecule has 2 aromatic carbocycles. The molecule has 0 unspecified atom stereocenters. The molecule has 0 saturated heterocycles. The number of ether oxygens (including phenoxy) is 1. The topological polar surface area (TPSA) is 69.4 Å². The van der Waals surface area contributed by atoms with Crippen molar-refractivity contribution in [2.45, 2.75) is 6.92 Å². The monoisotopic (exact) mass is 309 g/mol. The lowest BCUT2D eigenvalue weighted by atomic mass is 10.1. The number of benzene rings is 2. The Labute approximate surface area is 124 Å². The Balaban J connectivity index is 2.30. The smallest absolute Gasteiger partial charge is 0.271 e. The molecule has 0 spiro atoms. The van der Waals surface area contributed by atoms with Gasteiger partial charge in [-0.25, -0.2) is 4.39 Å². The molecule has 0 heterocycles. The summed E-state index contributed by atoms with van der Waals surface area (Å²) in [4.78, 5) is 21.1. The van der Waals surface area contributed by atoms with Gasteiger partial charge in [-0.1, -0.05) is 11.6 Å². The van der Waals surface area contributed by atoms with E-state index in [1.807, 2.05) is 0 Å². The zero-order valence-corrected chi connectivity index (χ0v) is 11.6. The maximum absolute atomic E-state index is 13.8. The molecule has 0 amide bonds. The molecule has 5 nitrogen and oxygen atoms in total. The summed E-state index contributed by atoms with van der Waals surface area (Å²) in [6.07, 6.45) is 0. The van der Waals surface area contributed by atoms with E-state index in [0.717, 1.165) is 12.1 Å². The van der Waals surface area contributed by atoms with E-state index in [2.05, 4.69) is 0 Å². The first kappa shape index (κ1) is 14.9. The van der Waals surface area contributed by atoms with Crippen LogP contribution in [-0.2, 0) is 0 Å². The second kappa shape index (κ2) is 5.88. The molecule has 0 fully saturated rings. The van der Waals surface area contributed by atoms with E-state index in [-0.39, 0.29) is 33.6 Å². The van der Waals surface area contributed by atoms with Gasteiger partial charge in [0, 0.05) is 17.7 Å². The minimum absolute atomic E-state index is 0.0146. The second-order valence-corrected chi connectivity index (χ2v) is 4.58. The van der Waals surface area contributed by atoms with Crippen LogP contribution >= 0.6 is 11.6 Å². The van der Waals surface area contributed by atoms with E-state index in [4.69, 9.17) is 16.3 Å². The fourth-order valence-electron chi connectivity index (χ4n) is 1.61. The number of halogens is 2. The van der Waals surface area contributed by atoms with Gasteiger partial charge in [-0.2, -0.15) is 0 Å². The van der Waals surface area contributed by atoms with Gasteiger partial charge in [-0.3, -0.25) is 14.9 Å². The normalized spacial score (nSPS) is 10.2. The van der Waals surface area contributed by atoms with Crippen LogP contribution < -0.4 is 4.74 Å². The zero-order valence-electron chi connectivity index (χ0n) is 10.8. The largest absolute Gasteiger partial charge is 0.453 e. The summed E-state index contributed by atoms with van der Waals surface area (Å²) in [6, 6.07) is 7.35. The lowest BCUT2D eigenvalue weighted by molar-refractivity contribution is -0.384. The van der Waals surface area contributed by atoms with Crippen molar-refractivity contribution in [1.29, 1.82) is 0 Å². The van der Waals surface area contributed by atoms with Crippen molar-refractivity contribution in [2.24, 2.45) is 0 Å². The summed E-state index contributed by atoms with van der Waals surface area (Å²) in [5, 5.41) is 10.6. The van der Waals surface area contributed by atoms with Crippen molar-refractivity contribution < 1.29 is 18.8 Å². The number of nitro groups is 1. The van der Waals surface area contributed by atoms with Gasteiger partial charge in [-0.15, -0.1) is 0 Å². The molecule has 2 aromatic rings. The molecule has 0 aliphatic carbocycles. The van der Waals surface area contributed by atoms with Crippen LogP contribution in [0.2, 0.25) is 5.02 Å². The highest BCUT2D eigenvalue weighted by molar-refractivity contribution is 6.32. The van der Waals surface area contributed by atoms with E-state index in [1.54, 1.807) is 0 Å². The van der Waals surface area contributed by atoms with E-state index >= 15 is 0 Å². The van der Waals surface area contributed by atoms with Gasteiger partial charge in [0.25, 0.3) is 5.69 Å². The van der Waals surface area contributed by atoms with Crippen LogP contribution in [0.15, 0.2) is 36.4 Å². The van der Waals surface area contributed by atoms with Gasteiger partial charge in [0.05, 0.1) is 9.95 Å². The molecule has 0 aliphatic rings. The fourth-order valence-corrected chi connectivity index (χ4v) is 1.82. The summed E-state index contributed by atoms with van der Waals surface area (Å²) in [5.41, 5.74) is 0.0226. The van der Waals surface area contributed by atoms with E-state index in [9.17, 15) is 19.3 Å². The van der Waals surface area contributed by atoms with E-state index in [1.165, 1.54) is 31.2 Å². The standard InChI is InChI=1S/C14H9ClFNO4/c1-8(18)9-2-4-14(12(16)6-9)21-13-5-3-10(17(19)20)7-11(13)15/h2-7H,1H3. The highest BCUT2D eigenvalue weighted by atomic mass is 35.5. The lowest BCUT2D eigenvalue weighted by Gasteiger charge is -2.09. The fraction of sp³-hybridized carbons (Fsp3) is 0.0714. The molecular formula is C14H9ClFNO4. The summed E-state index contributed by atoms with van der Waals surface area (Å²) in [6.45, 7) is 1.32. The van der Waals surface area contributed by atoms with Crippen molar-refractivity contribution in [3.8, 4) is 11.5 Å². The average Bonchev–Trinajstić information content (AvgIpc) is 2.42. The average molecular weight is 310 g/mol. The molecule has 0 radical (unpaired) electrons. The highest BCUT2D eigenvalue weighted by Gasteiger charge is 2.13.